The number of rotatable bonds is 8. The standard InChI is InChI=1S/C20H20F4N6O2/c1-4-29(12(2)11-32-18-10-25-17(9-26-18)20(3,23)24)19(31)13-7-14(21)15(22)8-16(13)30-27-5-6-28-30/h5-10,12H,4,11H2,1-3H3/t12-/m0/s1. The molecule has 0 unspecified atom stereocenters. The van der Waals surface area contributed by atoms with Gasteiger partial charge in [0.15, 0.2) is 11.6 Å². The molecule has 1 aromatic carbocycles. The van der Waals surface area contributed by atoms with E-state index in [0.29, 0.717) is 6.92 Å². The molecular formula is C20H20F4N6O2. The predicted molar refractivity (Wildman–Crippen MR) is 105 cm³/mol. The average Bonchev–Trinajstić information content (AvgIpc) is 3.28. The Morgan fingerprint density at radius 1 is 1.16 bits per heavy atom. The van der Waals surface area contributed by atoms with Gasteiger partial charge in [0.25, 0.3) is 11.8 Å². The van der Waals surface area contributed by atoms with Crippen LogP contribution in [0.2, 0.25) is 0 Å². The lowest BCUT2D eigenvalue weighted by Gasteiger charge is -2.28. The first-order valence-electron chi connectivity index (χ1n) is 9.61. The third-order valence-electron chi connectivity index (χ3n) is 4.59. The number of ether oxygens (including phenoxy) is 1. The summed E-state index contributed by atoms with van der Waals surface area (Å²) in [4.78, 5) is 23.0. The molecule has 0 saturated carbocycles. The molecule has 170 valence electrons. The lowest BCUT2D eigenvalue weighted by atomic mass is 10.1. The number of aromatic nitrogens is 5. The zero-order valence-electron chi connectivity index (χ0n) is 17.5. The van der Waals surface area contributed by atoms with Crippen LogP contribution in [-0.2, 0) is 5.92 Å². The van der Waals surface area contributed by atoms with E-state index in [1.165, 1.54) is 17.3 Å². The van der Waals surface area contributed by atoms with E-state index in [9.17, 15) is 22.4 Å². The van der Waals surface area contributed by atoms with Gasteiger partial charge in [0, 0.05) is 19.5 Å². The zero-order valence-corrected chi connectivity index (χ0v) is 17.5. The van der Waals surface area contributed by atoms with Crippen LogP contribution in [0.25, 0.3) is 5.69 Å². The first-order valence-corrected chi connectivity index (χ1v) is 9.61. The number of nitrogens with zero attached hydrogens (tertiary/aromatic N) is 6. The van der Waals surface area contributed by atoms with Crippen molar-refractivity contribution in [3.8, 4) is 11.6 Å². The van der Waals surface area contributed by atoms with Gasteiger partial charge in [-0.2, -0.15) is 23.8 Å². The minimum absolute atomic E-state index is 0.00242. The Morgan fingerprint density at radius 3 is 2.38 bits per heavy atom. The Bertz CT molecular complexity index is 1070. The van der Waals surface area contributed by atoms with Gasteiger partial charge >= 0.3 is 0 Å². The first kappa shape index (κ1) is 23.1. The van der Waals surface area contributed by atoms with Gasteiger partial charge in [-0.3, -0.25) is 4.79 Å². The molecule has 0 aliphatic rings. The largest absolute Gasteiger partial charge is 0.474 e. The first-order chi connectivity index (χ1) is 15.1. The highest BCUT2D eigenvalue weighted by Gasteiger charge is 2.28. The Morgan fingerprint density at radius 2 is 1.81 bits per heavy atom. The van der Waals surface area contributed by atoms with Crippen LogP contribution in [0.4, 0.5) is 17.6 Å². The normalized spacial score (nSPS) is 12.5. The summed E-state index contributed by atoms with van der Waals surface area (Å²) in [5.74, 6) is -6.06. The monoisotopic (exact) mass is 452 g/mol. The number of hydrogen-bond donors (Lipinski definition) is 0. The molecule has 0 spiro atoms. The maximum Gasteiger partial charge on any atom is 0.288 e. The van der Waals surface area contributed by atoms with Gasteiger partial charge in [-0.1, -0.05) is 0 Å². The van der Waals surface area contributed by atoms with E-state index in [4.69, 9.17) is 4.74 Å². The molecule has 0 aliphatic carbocycles. The third kappa shape index (κ3) is 5.01. The zero-order chi connectivity index (χ0) is 23.5. The van der Waals surface area contributed by atoms with Crippen LogP contribution in [0.1, 0.15) is 36.8 Å². The molecule has 0 N–H and O–H groups in total. The number of alkyl halides is 2. The van der Waals surface area contributed by atoms with Crippen molar-refractivity contribution in [3.05, 3.63) is 59.8 Å². The van der Waals surface area contributed by atoms with Gasteiger partial charge in [-0.05, 0) is 19.9 Å². The van der Waals surface area contributed by atoms with Gasteiger partial charge in [-0.15, -0.1) is 0 Å². The lowest BCUT2D eigenvalue weighted by molar-refractivity contribution is 0.0121. The molecule has 2 heterocycles. The van der Waals surface area contributed by atoms with E-state index in [1.54, 1.807) is 13.8 Å². The molecule has 0 radical (unpaired) electrons. The SMILES string of the molecule is CCN(C(=O)c1cc(F)c(F)cc1-n1nccn1)[C@@H](C)COc1cnc(C(C)(F)F)cn1. The second-order valence-corrected chi connectivity index (χ2v) is 6.98. The Kier molecular flexibility index (Phi) is 6.70. The Hall–Kier alpha value is -3.57. The fourth-order valence-corrected chi connectivity index (χ4v) is 2.94. The summed E-state index contributed by atoms with van der Waals surface area (Å²) in [7, 11) is 0. The van der Waals surface area contributed by atoms with Crippen molar-refractivity contribution in [2.24, 2.45) is 0 Å². The molecule has 32 heavy (non-hydrogen) atoms. The van der Waals surface area contributed by atoms with Crippen molar-refractivity contribution < 1.29 is 27.1 Å². The summed E-state index contributed by atoms with van der Waals surface area (Å²) >= 11 is 0. The van der Waals surface area contributed by atoms with E-state index in [1.807, 2.05) is 0 Å². The quantitative estimate of drug-likeness (QED) is 0.487. The molecular weight excluding hydrogens is 432 g/mol. The topological polar surface area (TPSA) is 86.0 Å². The maximum atomic E-state index is 13.9. The summed E-state index contributed by atoms with van der Waals surface area (Å²) in [5, 5.41) is 7.77. The van der Waals surface area contributed by atoms with Crippen LogP contribution in [0.3, 0.4) is 0 Å². The Balaban J connectivity index is 1.78. The molecule has 0 saturated heterocycles. The molecule has 1 atom stereocenters. The number of carbonyl (C=O) groups excluding carboxylic acids is 1. The van der Waals surface area contributed by atoms with Crippen molar-refractivity contribution >= 4 is 5.91 Å². The van der Waals surface area contributed by atoms with Crippen molar-refractivity contribution in [2.75, 3.05) is 13.2 Å². The van der Waals surface area contributed by atoms with E-state index < -0.39 is 35.2 Å². The van der Waals surface area contributed by atoms with Crippen LogP contribution < -0.4 is 4.74 Å². The van der Waals surface area contributed by atoms with Crippen molar-refractivity contribution in [1.82, 2.24) is 29.9 Å². The van der Waals surface area contributed by atoms with E-state index in [2.05, 4.69) is 20.2 Å². The van der Waals surface area contributed by atoms with Gasteiger partial charge in [-0.25, -0.2) is 18.7 Å². The van der Waals surface area contributed by atoms with Crippen LogP contribution >= 0.6 is 0 Å². The number of benzene rings is 1. The van der Waals surface area contributed by atoms with Gasteiger partial charge in [0.2, 0.25) is 5.88 Å². The number of hydrogen-bond acceptors (Lipinski definition) is 6. The molecule has 0 fully saturated rings. The van der Waals surface area contributed by atoms with Gasteiger partial charge in [0.05, 0.1) is 36.4 Å². The highest BCUT2D eigenvalue weighted by atomic mass is 19.3. The van der Waals surface area contributed by atoms with Crippen LogP contribution in [0.5, 0.6) is 5.88 Å². The van der Waals surface area contributed by atoms with Crippen LogP contribution in [0, 0.1) is 11.6 Å². The highest BCUT2D eigenvalue weighted by Crippen LogP contribution is 2.25. The molecule has 3 rings (SSSR count). The fraction of sp³-hybridized carbons (Fsp3) is 0.350. The summed E-state index contributed by atoms with van der Waals surface area (Å²) in [6.07, 6.45) is 4.65. The van der Waals surface area contributed by atoms with Crippen LogP contribution in [0.15, 0.2) is 36.9 Å². The Labute approximate surface area is 180 Å². The molecule has 1 amide bonds. The minimum Gasteiger partial charge on any atom is -0.474 e. The molecule has 8 nitrogen and oxygen atoms in total. The van der Waals surface area contributed by atoms with E-state index in [0.717, 1.165) is 29.3 Å². The number of likely N-dealkylation sites (N-methyl/N-ethyl adjacent to an activating group) is 1. The lowest BCUT2D eigenvalue weighted by Crippen LogP contribution is -2.42. The van der Waals surface area contributed by atoms with Crippen molar-refractivity contribution in [3.63, 3.8) is 0 Å². The second kappa shape index (κ2) is 9.28. The molecule has 0 aliphatic heterocycles. The third-order valence-corrected chi connectivity index (χ3v) is 4.59. The van der Waals surface area contributed by atoms with Crippen molar-refractivity contribution in [2.45, 2.75) is 32.7 Å². The average molecular weight is 452 g/mol. The molecule has 0 bridgehead atoms. The molecule has 12 heteroatoms. The summed E-state index contributed by atoms with van der Waals surface area (Å²) < 4.78 is 59.7. The molecule has 3 aromatic rings. The summed E-state index contributed by atoms with van der Waals surface area (Å²) in [6.45, 7) is 4.26. The van der Waals surface area contributed by atoms with Gasteiger partial charge < -0.3 is 9.64 Å². The highest BCUT2D eigenvalue weighted by molar-refractivity contribution is 5.98. The number of halogens is 4. The summed E-state index contributed by atoms with van der Waals surface area (Å²) in [5.41, 5.74) is -0.656. The minimum atomic E-state index is -3.13. The number of carbonyl (C=O) groups is 1. The van der Waals surface area contributed by atoms with Crippen LogP contribution in [-0.4, -0.2) is 55.0 Å². The van der Waals surface area contributed by atoms with E-state index in [-0.39, 0.29) is 30.3 Å². The summed E-state index contributed by atoms with van der Waals surface area (Å²) in [6, 6.07) is 1.10. The second-order valence-electron chi connectivity index (χ2n) is 6.98. The molecule has 2 aromatic heterocycles. The van der Waals surface area contributed by atoms with Crippen molar-refractivity contribution in [1.29, 1.82) is 0 Å². The smallest absolute Gasteiger partial charge is 0.288 e. The van der Waals surface area contributed by atoms with E-state index >= 15 is 0 Å². The van der Waals surface area contributed by atoms with Gasteiger partial charge in [0.1, 0.15) is 18.0 Å². The fourth-order valence-electron chi connectivity index (χ4n) is 2.94. The maximum absolute atomic E-state index is 13.9. The predicted octanol–water partition coefficient (Wildman–Crippen LogP) is 3.38. The number of amides is 1.